The van der Waals surface area contributed by atoms with Crippen LogP contribution in [0.4, 0.5) is 0 Å². The second-order valence-electron chi connectivity index (χ2n) is 8.51. The molecule has 0 aliphatic rings. The molecule has 0 radical (unpaired) electrons. The molecule has 2 aromatic carbocycles. The summed E-state index contributed by atoms with van der Waals surface area (Å²) in [6.45, 7) is 8.71. The van der Waals surface area contributed by atoms with Gasteiger partial charge in [0, 0.05) is 9.58 Å². The van der Waals surface area contributed by atoms with E-state index in [1.165, 1.54) is 20.5 Å². The molecule has 1 unspecified atom stereocenters. The fourth-order valence-electron chi connectivity index (χ4n) is 3.99. The van der Waals surface area contributed by atoms with Gasteiger partial charge in [0.25, 0.3) is 0 Å². The molecule has 0 bridgehead atoms. The molecule has 0 aliphatic carbocycles. The lowest BCUT2D eigenvalue weighted by Crippen LogP contribution is -2.34. The van der Waals surface area contributed by atoms with Crippen molar-refractivity contribution in [2.24, 2.45) is 0 Å². The second-order valence-corrected chi connectivity index (χ2v) is 9.67. The van der Waals surface area contributed by atoms with Crippen molar-refractivity contribution in [1.29, 1.82) is 0 Å². The highest BCUT2D eigenvalue weighted by Gasteiger charge is 2.23. The monoisotopic (exact) mass is 440 g/mol. The van der Waals surface area contributed by atoms with Crippen molar-refractivity contribution in [2.75, 3.05) is 13.7 Å². The van der Waals surface area contributed by atoms with E-state index in [4.69, 9.17) is 9.47 Å². The fourth-order valence-corrected chi connectivity index (χ4v) is 5.10. The standard InChI is InChI=1S/C27H36O3S/c1-6-20(10-13-24-16-22-9-12-23(29-5)17-26(22)31-24)21-11-14-25(19(4)15-21)30-18-27(28,7-2)8-3/h9,11-12,14-17,20,28H,6-8,10,13,18H2,1-5H3. The smallest absolute Gasteiger partial charge is 0.122 e. The van der Waals surface area contributed by atoms with Crippen molar-refractivity contribution in [3.8, 4) is 11.5 Å². The molecule has 0 saturated heterocycles. The minimum Gasteiger partial charge on any atom is -0.497 e. The SMILES string of the molecule is CCC(CCc1cc2ccc(OC)cc2s1)c1ccc(OCC(O)(CC)CC)c(C)c1. The van der Waals surface area contributed by atoms with Gasteiger partial charge in [-0.3, -0.25) is 0 Å². The van der Waals surface area contributed by atoms with Gasteiger partial charge in [0.15, 0.2) is 0 Å². The number of hydrogen-bond acceptors (Lipinski definition) is 4. The van der Waals surface area contributed by atoms with E-state index in [1.54, 1.807) is 7.11 Å². The largest absolute Gasteiger partial charge is 0.497 e. The van der Waals surface area contributed by atoms with E-state index in [0.717, 1.165) is 36.3 Å². The Morgan fingerprint density at radius 2 is 1.81 bits per heavy atom. The highest BCUT2D eigenvalue weighted by atomic mass is 32.1. The summed E-state index contributed by atoms with van der Waals surface area (Å²) in [5.41, 5.74) is 1.77. The summed E-state index contributed by atoms with van der Waals surface area (Å²) in [4.78, 5) is 1.43. The molecule has 0 aliphatic heterocycles. The third-order valence-corrected chi connectivity index (χ3v) is 7.65. The van der Waals surface area contributed by atoms with Crippen molar-refractivity contribution >= 4 is 21.4 Å². The Morgan fingerprint density at radius 3 is 2.45 bits per heavy atom. The lowest BCUT2D eigenvalue weighted by molar-refractivity contribution is -0.0115. The summed E-state index contributed by atoms with van der Waals surface area (Å²) in [7, 11) is 1.72. The first kappa shape index (κ1) is 23.6. The number of aliphatic hydroxyl groups is 1. The van der Waals surface area contributed by atoms with Crippen molar-refractivity contribution in [2.45, 2.75) is 71.3 Å². The van der Waals surface area contributed by atoms with Crippen LogP contribution >= 0.6 is 11.3 Å². The first-order chi connectivity index (χ1) is 14.9. The van der Waals surface area contributed by atoms with Crippen LogP contribution in [0.3, 0.4) is 0 Å². The summed E-state index contributed by atoms with van der Waals surface area (Å²) in [6, 6.07) is 15.1. The number of ether oxygens (including phenoxy) is 2. The van der Waals surface area contributed by atoms with E-state index in [-0.39, 0.29) is 0 Å². The summed E-state index contributed by atoms with van der Waals surface area (Å²) >= 11 is 1.87. The van der Waals surface area contributed by atoms with Gasteiger partial charge in [-0.2, -0.15) is 0 Å². The van der Waals surface area contributed by atoms with Gasteiger partial charge in [-0.15, -0.1) is 11.3 Å². The van der Waals surface area contributed by atoms with Gasteiger partial charge in [-0.05, 0) is 91.8 Å². The van der Waals surface area contributed by atoms with Crippen molar-refractivity contribution in [3.63, 3.8) is 0 Å². The zero-order valence-corrected chi connectivity index (χ0v) is 20.3. The van der Waals surface area contributed by atoms with Gasteiger partial charge in [-0.25, -0.2) is 0 Å². The zero-order valence-electron chi connectivity index (χ0n) is 19.5. The Bertz CT molecular complexity index is 987. The minimum absolute atomic E-state index is 0.341. The first-order valence-electron chi connectivity index (χ1n) is 11.4. The van der Waals surface area contributed by atoms with Crippen LogP contribution < -0.4 is 9.47 Å². The quantitative estimate of drug-likeness (QED) is 0.341. The lowest BCUT2D eigenvalue weighted by Gasteiger charge is -2.26. The molecule has 0 spiro atoms. The van der Waals surface area contributed by atoms with E-state index in [1.807, 2.05) is 31.3 Å². The Balaban J connectivity index is 1.66. The maximum atomic E-state index is 10.5. The molecule has 3 rings (SSSR count). The maximum Gasteiger partial charge on any atom is 0.122 e. The zero-order chi connectivity index (χ0) is 22.4. The predicted molar refractivity (Wildman–Crippen MR) is 132 cm³/mol. The van der Waals surface area contributed by atoms with Crippen LogP contribution in [0.5, 0.6) is 11.5 Å². The van der Waals surface area contributed by atoms with Crippen LogP contribution in [0.25, 0.3) is 10.1 Å². The van der Waals surface area contributed by atoms with Gasteiger partial charge in [0.2, 0.25) is 0 Å². The number of hydrogen-bond donors (Lipinski definition) is 1. The molecule has 1 heterocycles. The predicted octanol–water partition coefficient (Wildman–Crippen LogP) is 7.27. The average Bonchev–Trinajstić information content (AvgIpc) is 3.20. The first-order valence-corrected chi connectivity index (χ1v) is 12.2. The maximum absolute atomic E-state index is 10.5. The number of aryl methyl sites for hydroxylation is 2. The molecule has 0 fully saturated rings. The fraction of sp³-hybridized carbons (Fsp3) is 0.481. The molecule has 3 aromatic rings. The number of rotatable bonds is 11. The van der Waals surface area contributed by atoms with Gasteiger partial charge in [-0.1, -0.05) is 32.9 Å². The number of fused-ring (bicyclic) bond motifs is 1. The molecule has 1 aromatic heterocycles. The van der Waals surface area contributed by atoms with Crippen LogP contribution in [-0.4, -0.2) is 24.4 Å². The molecule has 31 heavy (non-hydrogen) atoms. The molecular weight excluding hydrogens is 404 g/mol. The van der Waals surface area contributed by atoms with Gasteiger partial charge >= 0.3 is 0 Å². The van der Waals surface area contributed by atoms with E-state index in [9.17, 15) is 5.11 Å². The molecule has 0 amide bonds. The molecule has 1 atom stereocenters. The van der Waals surface area contributed by atoms with Crippen LogP contribution in [0, 0.1) is 6.92 Å². The summed E-state index contributed by atoms with van der Waals surface area (Å²) < 4.78 is 12.6. The Hall–Kier alpha value is -2.04. The number of benzene rings is 2. The second kappa shape index (κ2) is 10.5. The molecular formula is C27H36O3S. The average molecular weight is 441 g/mol. The molecule has 0 saturated carbocycles. The van der Waals surface area contributed by atoms with E-state index < -0.39 is 5.60 Å². The summed E-state index contributed by atoms with van der Waals surface area (Å²) in [5, 5.41) is 11.8. The van der Waals surface area contributed by atoms with Crippen LogP contribution in [0.15, 0.2) is 42.5 Å². The highest BCUT2D eigenvalue weighted by Crippen LogP contribution is 2.33. The summed E-state index contributed by atoms with van der Waals surface area (Å²) in [6.07, 6.45) is 4.72. The van der Waals surface area contributed by atoms with Crippen LogP contribution in [-0.2, 0) is 6.42 Å². The van der Waals surface area contributed by atoms with Crippen LogP contribution in [0.1, 0.15) is 68.4 Å². The van der Waals surface area contributed by atoms with E-state index >= 15 is 0 Å². The Labute approximate surface area is 191 Å². The molecule has 3 nitrogen and oxygen atoms in total. The third-order valence-electron chi connectivity index (χ3n) is 6.49. The topological polar surface area (TPSA) is 38.7 Å². The van der Waals surface area contributed by atoms with Crippen LogP contribution in [0.2, 0.25) is 0 Å². The molecule has 168 valence electrons. The highest BCUT2D eigenvalue weighted by molar-refractivity contribution is 7.19. The van der Waals surface area contributed by atoms with Gasteiger partial charge in [0.05, 0.1) is 12.7 Å². The van der Waals surface area contributed by atoms with Crippen molar-refractivity contribution < 1.29 is 14.6 Å². The van der Waals surface area contributed by atoms with Crippen molar-refractivity contribution in [3.05, 3.63) is 58.5 Å². The molecule has 4 heteroatoms. The third kappa shape index (κ3) is 5.81. The number of methoxy groups -OCH3 is 1. The van der Waals surface area contributed by atoms with Gasteiger partial charge < -0.3 is 14.6 Å². The minimum atomic E-state index is -0.745. The molecule has 1 N–H and O–H groups in total. The van der Waals surface area contributed by atoms with Gasteiger partial charge in [0.1, 0.15) is 18.1 Å². The lowest BCUT2D eigenvalue weighted by atomic mass is 9.90. The Kier molecular flexibility index (Phi) is 8.01. The number of thiophene rings is 1. The normalized spacial score (nSPS) is 12.8. The van der Waals surface area contributed by atoms with E-state index in [2.05, 4.69) is 50.2 Å². The van der Waals surface area contributed by atoms with Crippen molar-refractivity contribution in [1.82, 2.24) is 0 Å². The van der Waals surface area contributed by atoms with E-state index in [0.29, 0.717) is 25.4 Å². The summed E-state index contributed by atoms with van der Waals surface area (Å²) in [5.74, 6) is 2.31. The Morgan fingerprint density at radius 1 is 1.03 bits per heavy atom.